The van der Waals surface area contributed by atoms with Gasteiger partial charge < -0.3 is 10.2 Å². The van der Waals surface area contributed by atoms with E-state index in [4.69, 9.17) is 0 Å². The van der Waals surface area contributed by atoms with Crippen LogP contribution in [0.1, 0.15) is 25.0 Å². The summed E-state index contributed by atoms with van der Waals surface area (Å²) in [4.78, 5) is 17.5. The molecule has 0 bridgehead atoms. The number of rotatable bonds is 3. The molecule has 0 radical (unpaired) electrons. The van der Waals surface area contributed by atoms with Crippen molar-refractivity contribution in [3.63, 3.8) is 0 Å². The molecule has 1 aromatic carbocycles. The highest BCUT2D eigenvalue weighted by Gasteiger charge is 2.10. The van der Waals surface area contributed by atoms with E-state index in [-0.39, 0.29) is 0 Å². The van der Waals surface area contributed by atoms with Gasteiger partial charge in [-0.1, -0.05) is 0 Å². The number of aromatic nitrogens is 3. The minimum Gasteiger partial charge on any atom is -0.372 e. The second-order valence-electron chi connectivity index (χ2n) is 5.29. The smallest absolute Gasteiger partial charge is 0.363 e. The standard InChI is InChI=1S/C15H19N5O/c1-11-14(17-15(21)19-18-11)16-12-5-7-13(8-6-12)20-9-3-2-4-10-20/h5-8H,2-4,9-10H2,1H3,(H2,16,17,19,21). The summed E-state index contributed by atoms with van der Waals surface area (Å²) in [6.07, 6.45) is 3.86. The summed E-state index contributed by atoms with van der Waals surface area (Å²) in [7, 11) is 0. The molecule has 1 saturated heterocycles. The van der Waals surface area contributed by atoms with E-state index in [0.717, 1.165) is 18.8 Å². The third-order valence-electron chi connectivity index (χ3n) is 3.73. The highest BCUT2D eigenvalue weighted by Crippen LogP contribution is 2.23. The third-order valence-corrected chi connectivity index (χ3v) is 3.73. The maximum absolute atomic E-state index is 11.2. The van der Waals surface area contributed by atoms with Crippen LogP contribution in [0.2, 0.25) is 0 Å². The number of anilines is 3. The van der Waals surface area contributed by atoms with Gasteiger partial charge in [0.1, 0.15) is 5.69 Å². The molecule has 0 atom stereocenters. The molecule has 3 rings (SSSR count). The second kappa shape index (κ2) is 5.95. The van der Waals surface area contributed by atoms with E-state index < -0.39 is 5.69 Å². The van der Waals surface area contributed by atoms with Crippen LogP contribution in [-0.2, 0) is 0 Å². The number of aromatic amines is 1. The zero-order chi connectivity index (χ0) is 14.7. The Bertz CT molecular complexity index is 659. The van der Waals surface area contributed by atoms with E-state index in [9.17, 15) is 4.79 Å². The largest absolute Gasteiger partial charge is 0.372 e. The zero-order valence-electron chi connectivity index (χ0n) is 12.1. The fourth-order valence-electron chi connectivity index (χ4n) is 2.55. The molecule has 2 N–H and O–H groups in total. The summed E-state index contributed by atoms with van der Waals surface area (Å²) in [5.41, 5.74) is 2.36. The number of nitrogens with zero attached hydrogens (tertiary/aromatic N) is 3. The minimum absolute atomic E-state index is 0.451. The summed E-state index contributed by atoms with van der Waals surface area (Å²) in [5, 5.41) is 9.34. The van der Waals surface area contributed by atoms with Gasteiger partial charge in [-0.25, -0.2) is 9.89 Å². The monoisotopic (exact) mass is 285 g/mol. The van der Waals surface area contributed by atoms with Crippen molar-refractivity contribution in [2.45, 2.75) is 26.2 Å². The summed E-state index contributed by atoms with van der Waals surface area (Å²) in [5.74, 6) is 0.490. The number of nitrogens with one attached hydrogen (secondary N) is 2. The van der Waals surface area contributed by atoms with E-state index in [2.05, 4.69) is 37.5 Å². The molecule has 1 aliphatic rings. The van der Waals surface area contributed by atoms with Crippen LogP contribution in [0.3, 0.4) is 0 Å². The van der Waals surface area contributed by atoms with Gasteiger partial charge in [-0.15, -0.1) is 0 Å². The Labute approximate surface area is 123 Å². The van der Waals surface area contributed by atoms with E-state index in [0.29, 0.717) is 11.5 Å². The molecule has 2 heterocycles. The van der Waals surface area contributed by atoms with Crippen LogP contribution in [0.25, 0.3) is 0 Å². The Kier molecular flexibility index (Phi) is 3.85. The predicted molar refractivity (Wildman–Crippen MR) is 83.2 cm³/mol. The predicted octanol–water partition coefficient (Wildman–Crippen LogP) is 2.21. The molecule has 6 heteroatoms. The molecule has 0 aliphatic carbocycles. The molecule has 6 nitrogen and oxygen atoms in total. The molecule has 2 aromatic rings. The first kappa shape index (κ1) is 13.6. The van der Waals surface area contributed by atoms with Crippen molar-refractivity contribution in [2.75, 3.05) is 23.3 Å². The lowest BCUT2D eigenvalue weighted by atomic mass is 10.1. The van der Waals surface area contributed by atoms with E-state index in [1.807, 2.05) is 12.1 Å². The first-order valence-electron chi connectivity index (χ1n) is 7.28. The number of hydrogen-bond donors (Lipinski definition) is 2. The van der Waals surface area contributed by atoms with Crippen molar-refractivity contribution >= 4 is 17.2 Å². The lowest BCUT2D eigenvalue weighted by Crippen LogP contribution is -2.29. The van der Waals surface area contributed by atoms with Gasteiger partial charge in [0.05, 0.1) is 0 Å². The van der Waals surface area contributed by atoms with Gasteiger partial charge in [0.25, 0.3) is 0 Å². The first-order valence-corrected chi connectivity index (χ1v) is 7.28. The normalized spacial score (nSPS) is 15.0. The average molecular weight is 285 g/mol. The van der Waals surface area contributed by atoms with Crippen molar-refractivity contribution in [1.29, 1.82) is 0 Å². The summed E-state index contributed by atoms with van der Waals surface area (Å²) in [6.45, 7) is 4.06. The van der Waals surface area contributed by atoms with Crippen LogP contribution in [0.5, 0.6) is 0 Å². The van der Waals surface area contributed by atoms with E-state index >= 15 is 0 Å². The summed E-state index contributed by atoms with van der Waals surface area (Å²) in [6, 6.07) is 8.21. The lowest BCUT2D eigenvalue weighted by molar-refractivity contribution is 0.578. The molecule has 0 amide bonds. The van der Waals surface area contributed by atoms with Crippen LogP contribution in [0.15, 0.2) is 29.1 Å². The Morgan fingerprint density at radius 2 is 1.86 bits per heavy atom. The molecule has 1 fully saturated rings. The number of benzene rings is 1. The highest BCUT2D eigenvalue weighted by molar-refractivity contribution is 5.61. The summed E-state index contributed by atoms with van der Waals surface area (Å²) >= 11 is 0. The fourth-order valence-corrected chi connectivity index (χ4v) is 2.55. The Morgan fingerprint density at radius 3 is 2.57 bits per heavy atom. The molecule has 0 spiro atoms. The van der Waals surface area contributed by atoms with Crippen LogP contribution >= 0.6 is 0 Å². The van der Waals surface area contributed by atoms with Gasteiger partial charge in [-0.05, 0) is 50.5 Å². The topological polar surface area (TPSA) is 73.9 Å². The number of piperidine rings is 1. The molecule has 0 unspecified atom stereocenters. The maximum atomic E-state index is 11.2. The number of hydrogen-bond acceptors (Lipinski definition) is 5. The van der Waals surface area contributed by atoms with E-state index in [1.54, 1.807) is 6.92 Å². The van der Waals surface area contributed by atoms with Gasteiger partial charge in [0.2, 0.25) is 0 Å². The van der Waals surface area contributed by atoms with E-state index in [1.165, 1.54) is 24.9 Å². The van der Waals surface area contributed by atoms with Crippen molar-refractivity contribution in [1.82, 2.24) is 15.2 Å². The van der Waals surface area contributed by atoms with Crippen LogP contribution in [0.4, 0.5) is 17.2 Å². The molecule has 21 heavy (non-hydrogen) atoms. The van der Waals surface area contributed by atoms with Gasteiger partial charge in [-0.3, -0.25) is 0 Å². The van der Waals surface area contributed by atoms with Crippen LogP contribution in [0, 0.1) is 6.92 Å². The maximum Gasteiger partial charge on any atom is 0.363 e. The number of aryl methyl sites for hydroxylation is 1. The Hall–Kier alpha value is -2.37. The quantitative estimate of drug-likeness (QED) is 0.904. The molecule has 1 aliphatic heterocycles. The first-order chi connectivity index (χ1) is 10.2. The third kappa shape index (κ3) is 3.21. The SMILES string of the molecule is Cc1n[nH]c(=O)nc1Nc1ccc(N2CCCCC2)cc1. The highest BCUT2D eigenvalue weighted by atomic mass is 16.1. The van der Waals surface area contributed by atoms with Gasteiger partial charge >= 0.3 is 5.69 Å². The van der Waals surface area contributed by atoms with Crippen molar-refractivity contribution in [2.24, 2.45) is 0 Å². The minimum atomic E-state index is -0.451. The van der Waals surface area contributed by atoms with Crippen molar-refractivity contribution in [3.05, 3.63) is 40.4 Å². The molecular formula is C15H19N5O. The van der Waals surface area contributed by atoms with Crippen molar-refractivity contribution < 1.29 is 0 Å². The average Bonchev–Trinajstić information content (AvgIpc) is 2.53. The number of H-pyrrole nitrogens is 1. The van der Waals surface area contributed by atoms with Crippen LogP contribution in [-0.4, -0.2) is 28.3 Å². The Balaban J connectivity index is 1.74. The van der Waals surface area contributed by atoms with Crippen molar-refractivity contribution in [3.8, 4) is 0 Å². The van der Waals surface area contributed by atoms with Gasteiger partial charge in [0, 0.05) is 24.5 Å². The molecule has 1 aromatic heterocycles. The van der Waals surface area contributed by atoms with Gasteiger partial charge in [0.15, 0.2) is 5.82 Å². The Morgan fingerprint density at radius 1 is 1.14 bits per heavy atom. The molecular weight excluding hydrogens is 266 g/mol. The zero-order valence-corrected chi connectivity index (χ0v) is 12.1. The fraction of sp³-hybridized carbons (Fsp3) is 0.400. The summed E-state index contributed by atoms with van der Waals surface area (Å²) < 4.78 is 0. The van der Waals surface area contributed by atoms with Gasteiger partial charge in [-0.2, -0.15) is 10.1 Å². The lowest BCUT2D eigenvalue weighted by Gasteiger charge is -2.28. The molecule has 110 valence electrons. The molecule has 0 saturated carbocycles. The second-order valence-corrected chi connectivity index (χ2v) is 5.29. The van der Waals surface area contributed by atoms with Crippen LogP contribution < -0.4 is 15.9 Å².